The number of amides is 1. The molecule has 10 heteroatoms. The maximum atomic E-state index is 12.3. The molecule has 3 aromatic rings. The summed E-state index contributed by atoms with van der Waals surface area (Å²) < 4.78 is 6.09. The van der Waals surface area contributed by atoms with Crippen LogP contribution in [0.15, 0.2) is 22.9 Å². The molecule has 0 aliphatic carbocycles. The van der Waals surface area contributed by atoms with Gasteiger partial charge in [0.25, 0.3) is 5.91 Å². The van der Waals surface area contributed by atoms with Crippen LogP contribution in [0, 0.1) is 13.8 Å². The van der Waals surface area contributed by atoms with Gasteiger partial charge < -0.3 is 5.32 Å². The summed E-state index contributed by atoms with van der Waals surface area (Å²) in [5, 5.41) is 16.1. The van der Waals surface area contributed by atoms with E-state index in [4.69, 9.17) is 11.6 Å². The van der Waals surface area contributed by atoms with E-state index in [1.165, 1.54) is 0 Å². The number of rotatable bonds is 5. The molecule has 0 fully saturated rings. The largest absolute Gasteiger partial charge is 0.345 e. The third-order valence-electron chi connectivity index (χ3n) is 3.87. The van der Waals surface area contributed by atoms with Gasteiger partial charge in [0.2, 0.25) is 0 Å². The van der Waals surface area contributed by atoms with E-state index in [1.54, 1.807) is 34.9 Å². The van der Waals surface area contributed by atoms with Crippen LogP contribution in [0.1, 0.15) is 27.6 Å². The minimum atomic E-state index is -0.273. The second-order valence-electron chi connectivity index (χ2n) is 5.61. The Balaban J connectivity index is 1.66. The first-order chi connectivity index (χ1) is 11.9. The van der Waals surface area contributed by atoms with Gasteiger partial charge in [-0.3, -0.25) is 14.2 Å². The van der Waals surface area contributed by atoms with Crippen molar-refractivity contribution in [1.82, 2.24) is 34.7 Å². The molecule has 1 amide bonds. The Hall–Kier alpha value is -2.13. The summed E-state index contributed by atoms with van der Waals surface area (Å²) in [6.07, 6.45) is 3.29. The van der Waals surface area contributed by atoms with Gasteiger partial charge in [-0.15, -0.1) is 0 Å². The number of nitrogens with one attached hydrogen (secondary N) is 1. The van der Waals surface area contributed by atoms with Crippen molar-refractivity contribution < 1.29 is 4.79 Å². The van der Waals surface area contributed by atoms with Crippen LogP contribution in [-0.4, -0.2) is 35.2 Å². The van der Waals surface area contributed by atoms with Crippen LogP contribution in [0.25, 0.3) is 0 Å². The number of nitrogens with zero attached hydrogens (tertiary/aromatic N) is 6. The lowest BCUT2D eigenvalue weighted by atomic mass is 10.3. The first-order valence-corrected chi connectivity index (χ1v) is 8.71. The van der Waals surface area contributed by atoms with Crippen molar-refractivity contribution in [2.45, 2.75) is 27.1 Å². The average molecular weight is 427 g/mol. The fourth-order valence-electron chi connectivity index (χ4n) is 2.40. The average Bonchev–Trinajstić information content (AvgIpc) is 3.23. The zero-order valence-corrected chi connectivity index (χ0v) is 16.3. The summed E-state index contributed by atoms with van der Waals surface area (Å²) in [6, 6.07) is 1.67. The highest BCUT2D eigenvalue weighted by Crippen LogP contribution is 2.19. The fraction of sp³-hybridized carbons (Fsp3) is 0.333. The third-order valence-corrected chi connectivity index (χ3v) is 5.34. The van der Waals surface area contributed by atoms with Crippen LogP contribution in [0.3, 0.4) is 0 Å². The quantitative estimate of drug-likeness (QED) is 0.678. The molecule has 8 nitrogen and oxygen atoms in total. The molecule has 3 heterocycles. The van der Waals surface area contributed by atoms with Gasteiger partial charge >= 0.3 is 0 Å². The van der Waals surface area contributed by atoms with Crippen LogP contribution < -0.4 is 5.32 Å². The number of aryl methyl sites for hydroxylation is 2. The SMILES string of the molecule is Cc1nn(Cn2ccc(C(=O)NCc3c(Cl)cnn3C)n2)c(C)c1Br. The fourth-order valence-corrected chi connectivity index (χ4v) is 2.92. The molecule has 0 bridgehead atoms. The van der Waals surface area contributed by atoms with Gasteiger partial charge in [-0.05, 0) is 35.8 Å². The predicted molar refractivity (Wildman–Crippen MR) is 96.4 cm³/mol. The van der Waals surface area contributed by atoms with E-state index >= 15 is 0 Å². The van der Waals surface area contributed by atoms with Crippen LogP contribution in [0.5, 0.6) is 0 Å². The van der Waals surface area contributed by atoms with Crippen molar-refractivity contribution in [3.8, 4) is 0 Å². The summed E-state index contributed by atoms with van der Waals surface area (Å²) in [7, 11) is 1.77. The van der Waals surface area contributed by atoms with E-state index in [0.29, 0.717) is 17.4 Å². The molecule has 3 aromatic heterocycles. The summed E-state index contributed by atoms with van der Waals surface area (Å²) in [4.78, 5) is 12.3. The smallest absolute Gasteiger partial charge is 0.272 e. The number of halogens is 2. The Morgan fingerprint density at radius 3 is 2.72 bits per heavy atom. The highest BCUT2D eigenvalue weighted by Gasteiger charge is 2.14. The molecule has 1 N–H and O–H groups in total. The van der Waals surface area contributed by atoms with Crippen molar-refractivity contribution in [3.05, 3.63) is 50.7 Å². The van der Waals surface area contributed by atoms with Gasteiger partial charge in [0, 0.05) is 13.2 Å². The zero-order valence-electron chi connectivity index (χ0n) is 14.0. The van der Waals surface area contributed by atoms with Gasteiger partial charge in [0.15, 0.2) is 0 Å². The number of hydrogen-bond donors (Lipinski definition) is 1. The molecule has 0 radical (unpaired) electrons. The van der Waals surface area contributed by atoms with Crippen molar-refractivity contribution in [1.29, 1.82) is 0 Å². The highest BCUT2D eigenvalue weighted by molar-refractivity contribution is 9.10. The predicted octanol–water partition coefficient (Wildman–Crippen LogP) is 2.28. The number of carbonyl (C=O) groups is 1. The topological polar surface area (TPSA) is 82.6 Å². The number of aromatic nitrogens is 6. The van der Waals surface area contributed by atoms with Crippen molar-refractivity contribution in [2.75, 3.05) is 0 Å². The molecule has 0 atom stereocenters. The summed E-state index contributed by atoms with van der Waals surface area (Å²) in [6.45, 7) is 4.61. The van der Waals surface area contributed by atoms with Crippen LogP contribution in [0.4, 0.5) is 0 Å². The molecule has 3 rings (SSSR count). The summed E-state index contributed by atoms with van der Waals surface area (Å²) in [5.74, 6) is -0.273. The van der Waals surface area contributed by atoms with Crippen LogP contribution in [0.2, 0.25) is 5.02 Å². The molecule has 0 spiro atoms. The van der Waals surface area contributed by atoms with Crippen LogP contribution >= 0.6 is 27.5 Å². The van der Waals surface area contributed by atoms with Gasteiger partial charge in [-0.25, -0.2) is 4.68 Å². The Bertz CT molecular complexity index is 907. The molecule has 0 saturated carbocycles. The van der Waals surface area contributed by atoms with Gasteiger partial charge in [0.1, 0.15) is 12.4 Å². The van der Waals surface area contributed by atoms with E-state index in [9.17, 15) is 4.79 Å². The van der Waals surface area contributed by atoms with Crippen molar-refractivity contribution in [2.24, 2.45) is 7.05 Å². The normalized spacial score (nSPS) is 11.1. The van der Waals surface area contributed by atoms with Gasteiger partial charge in [0.05, 0.1) is 39.3 Å². The Labute approximate surface area is 157 Å². The molecule has 25 heavy (non-hydrogen) atoms. The molecule has 0 unspecified atom stereocenters. The maximum Gasteiger partial charge on any atom is 0.272 e. The first-order valence-electron chi connectivity index (χ1n) is 7.54. The van der Waals surface area contributed by atoms with Crippen LogP contribution in [-0.2, 0) is 20.3 Å². The molecular formula is C15H17BrClN7O. The second-order valence-corrected chi connectivity index (χ2v) is 6.81. The Morgan fingerprint density at radius 1 is 1.36 bits per heavy atom. The molecule has 132 valence electrons. The molecule has 0 aliphatic rings. The minimum Gasteiger partial charge on any atom is -0.345 e. The van der Waals surface area contributed by atoms with Crippen molar-refractivity contribution >= 4 is 33.4 Å². The molecule has 0 saturated heterocycles. The summed E-state index contributed by atoms with van der Waals surface area (Å²) in [5.41, 5.74) is 2.99. The van der Waals surface area contributed by atoms with E-state index in [1.807, 2.05) is 18.5 Å². The second kappa shape index (κ2) is 7.01. The monoisotopic (exact) mass is 425 g/mol. The zero-order chi connectivity index (χ0) is 18.1. The van der Waals surface area contributed by atoms with Crippen molar-refractivity contribution in [3.63, 3.8) is 0 Å². The van der Waals surface area contributed by atoms with E-state index < -0.39 is 0 Å². The standard InChI is InChI=1S/C15H17BrClN7O/c1-9-14(16)10(2)24(20-9)8-23-5-4-12(21-23)15(25)18-7-13-11(17)6-19-22(13)3/h4-6H,7-8H2,1-3H3,(H,18,25). The highest BCUT2D eigenvalue weighted by atomic mass is 79.9. The molecule has 0 aromatic carbocycles. The van der Waals surface area contributed by atoms with E-state index in [-0.39, 0.29) is 12.5 Å². The lowest BCUT2D eigenvalue weighted by molar-refractivity contribution is 0.0944. The summed E-state index contributed by atoms with van der Waals surface area (Å²) >= 11 is 9.53. The van der Waals surface area contributed by atoms with Gasteiger partial charge in [-0.2, -0.15) is 15.3 Å². The number of hydrogen-bond acceptors (Lipinski definition) is 4. The van der Waals surface area contributed by atoms with Gasteiger partial charge in [-0.1, -0.05) is 11.6 Å². The lowest BCUT2D eigenvalue weighted by Crippen LogP contribution is -2.25. The number of carbonyl (C=O) groups excluding carboxylic acids is 1. The van der Waals surface area contributed by atoms with E-state index in [2.05, 4.69) is 36.5 Å². The third kappa shape index (κ3) is 3.62. The van der Waals surface area contributed by atoms with E-state index in [0.717, 1.165) is 21.6 Å². The first kappa shape index (κ1) is 17.7. The Morgan fingerprint density at radius 2 is 2.12 bits per heavy atom. The maximum absolute atomic E-state index is 12.3. The lowest BCUT2D eigenvalue weighted by Gasteiger charge is -2.06. The minimum absolute atomic E-state index is 0.273. The Kier molecular flexibility index (Phi) is 4.96. The molecule has 0 aliphatic heterocycles. The molecular weight excluding hydrogens is 410 g/mol.